The molecule has 0 amide bonds. The molecule has 0 aromatic carbocycles. The zero-order chi connectivity index (χ0) is 57.1. The first kappa shape index (κ1) is 75.8. The van der Waals surface area contributed by atoms with Crippen molar-refractivity contribution in [1.82, 2.24) is 0 Å². The molecule has 0 bridgehead atoms. The molecule has 0 N–H and O–H groups in total. The van der Waals surface area contributed by atoms with E-state index in [1.807, 2.05) is 0 Å². The van der Waals surface area contributed by atoms with E-state index in [1.54, 1.807) is 0 Å². The van der Waals surface area contributed by atoms with E-state index in [2.05, 4.69) is 93.7 Å². The molecule has 0 heterocycles. The zero-order valence-corrected chi connectivity index (χ0v) is 52.6. The molecule has 0 saturated carbocycles. The summed E-state index contributed by atoms with van der Waals surface area (Å²) in [6.07, 6.45) is 87.7. The Balaban J connectivity index is 4.30. The Kier molecular flexibility index (Phi) is 64.7. The highest BCUT2D eigenvalue weighted by molar-refractivity contribution is 5.71. The molecule has 0 saturated heterocycles. The molecule has 0 radical (unpaired) electrons. The Bertz CT molecular complexity index is 1450. The topological polar surface area (TPSA) is 78.9 Å². The van der Waals surface area contributed by atoms with Gasteiger partial charge in [0, 0.05) is 19.3 Å². The molecule has 458 valence electrons. The summed E-state index contributed by atoms with van der Waals surface area (Å²) in [6, 6.07) is 0. The van der Waals surface area contributed by atoms with Crippen LogP contribution in [0.3, 0.4) is 0 Å². The van der Waals surface area contributed by atoms with Gasteiger partial charge in [-0.05, 0) is 89.9 Å². The van der Waals surface area contributed by atoms with Gasteiger partial charge in [0.1, 0.15) is 13.2 Å². The minimum Gasteiger partial charge on any atom is -0.462 e. The number of hydrogen-bond acceptors (Lipinski definition) is 6. The van der Waals surface area contributed by atoms with Crippen LogP contribution in [0.4, 0.5) is 0 Å². The van der Waals surface area contributed by atoms with Crippen molar-refractivity contribution in [1.29, 1.82) is 0 Å². The third-order valence-electron chi connectivity index (χ3n) is 15.2. The number of carbonyl (C=O) groups is 3. The standard InChI is InChI=1S/C73H130O6/c1-4-7-10-13-16-19-22-25-28-30-32-33-34-35-36-37-38-39-41-42-45-48-51-54-57-60-63-66-72(75)78-69-70(68-77-71(74)65-62-59-56-53-50-47-44-27-24-21-18-15-12-9-6-3)79-73(76)67-64-61-58-55-52-49-46-43-40-31-29-26-23-20-17-14-11-8-5-2/h7,10,16,19,25-26,28-29,32-33,35-36,70H,4-6,8-9,11-15,17-18,20-24,27,30-31,34,37-69H2,1-3H3/b10-7-,19-16-,28-25-,29-26-,33-32-,36-35-. The van der Waals surface area contributed by atoms with E-state index in [0.29, 0.717) is 19.3 Å². The van der Waals surface area contributed by atoms with Gasteiger partial charge in [-0.25, -0.2) is 0 Å². The molecule has 6 heteroatoms. The Labute approximate surface area is 491 Å². The van der Waals surface area contributed by atoms with Crippen LogP contribution >= 0.6 is 0 Å². The van der Waals surface area contributed by atoms with E-state index in [-0.39, 0.29) is 31.1 Å². The maximum Gasteiger partial charge on any atom is 0.306 e. The van der Waals surface area contributed by atoms with Crippen LogP contribution in [0.1, 0.15) is 355 Å². The van der Waals surface area contributed by atoms with Crippen LogP contribution < -0.4 is 0 Å². The molecule has 6 nitrogen and oxygen atoms in total. The predicted octanol–water partition coefficient (Wildman–Crippen LogP) is 23.7. The average molecular weight is 1100 g/mol. The van der Waals surface area contributed by atoms with Gasteiger partial charge in [0.05, 0.1) is 0 Å². The minimum absolute atomic E-state index is 0.0722. The summed E-state index contributed by atoms with van der Waals surface area (Å²) >= 11 is 0. The monoisotopic (exact) mass is 1100 g/mol. The van der Waals surface area contributed by atoms with E-state index in [4.69, 9.17) is 14.2 Å². The van der Waals surface area contributed by atoms with Gasteiger partial charge in [0.15, 0.2) is 6.10 Å². The number of allylic oxidation sites excluding steroid dienone is 12. The van der Waals surface area contributed by atoms with Crippen LogP contribution in [-0.2, 0) is 28.6 Å². The van der Waals surface area contributed by atoms with E-state index < -0.39 is 6.10 Å². The Morgan fingerprint density at radius 3 is 0.785 bits per heavy atom. The van der Waals surface area contributed by atoms with E-state index >= 15 is 0 Å². The van der Waals surface area contributed by atoms with Crippen LogP contribution in [0.5, 0.6) is 0 Å². The maximum atomic E-state index is 12.9. The molecule has 1 unspecified atom stereocenters. The van der Waals surface area contributed by atoms with Crippen molar-refractivity contribution in [3.05, 3.63) is 72.9 Å². The molecule has 0 aromatic rings. The molecular formula is C73H130O6. The minimum atomic E-state index is -0.777. The van der Waals surface area contributed by atoms with Gasteiger partial charge in [-0.15, -0.1) is 0 Å². The summed E-state index contributed by atoms with van der Waals surface area (Å²) in [5.41, 5.74) is 0. The van der Waals surface area contributed by atoms with Crippen LogP contribution in [-0.4, -0.2) is 37.2 Å². The van der Waals surface area contributed by atoms with E-state index in [0.717, 1.165) is 89.9 Å². The molecule has 0 aliphatic rings. The first-order chi connectivity index (χ1) is 39.0. The molecule has 79 heavy (non-hydrogen) atoms. The lowest BCUT2D eigenvalue weighted by Crippen LogP contribution is -2.30. The fourth-order valence-corrected chi connectivity index (χ4v) is 10.1. The van der Waals surface area contributed by atoms with Gasteiger partial charge < -0.3 is 14.2 Å². The van der Waals surface area contributed by atoms with Crippen molar-refractivity contribution < 1.29 is 28.6 Å². The second-order valence-electron chi connectivity index (χ2n) is 23.1. The van der Waals surface area contributed by atoms with Crippen LogP contribution in [0, 0.1) is 0 Å². The highest BCUT2D eigenvalue weighted by Gasteiger charge is 2.19. The zero-order valence-electron chi connectivity index (χ0n) is 52.6. The molecule has 0 aliphatic heterocycles. The lowest BCUT2D eigenvalue weighted by molar-refractivity contribution is -0.167. The van der Waals surface area contributed by atoms with Crippen molar-refractivity contribution >= 4 is 17.9 Å². The van der Waals surface area contributed by atoms with Crippen molar-refractivity contribution in [3.63, 3.8) is 0 Å². The first-order valence-electron chi connectivity index (χ1n) is 34.4. The normalized spacial score (nSPS) is 12.5. The van der Waals surface area contributed by atoms with Gasteiger partial charge in [-0.3, -0.25) is 14.4 Å². The fourth-order valence-electron chi connectivity index (χ4n) is 10.1. The fraction of sp³-hybridized carbons (Fsp3) is 0.795. The SMILES string of the molecule is CC/C=C\C/C=C\C/C=C\C/C=C\C/C=C\CCCCCCCCCCCCCC(=O)OCC(COC(=O)CCCCCCCCCCCCCCCCC)OC(=O)CCCCCCCCCCC/C=C\CCCCCCCC. The molecule has 0 spiro atoms. The second-order valence-corrected chi connectivity index (χ2v) is 23.1. The summed E-state index contributed by atoms with van der Waals surface area (Å²) in [4.78, 5) is 38.4. The van der Waals surface area contributed by atoms with Crippen molar-refractivity contribution in [2.45, 2.75) is 361 Å². The maximum absolute atomic E-state index is 12.9. The highest BCUT2D eigenvalue weighted by atomic mass is 16.6. The van der Waals surface area contributed by atoms with Gasteiger partial charge in [-0.2, -0.15) is 0 Å². The lowest BCUT2D eigenvalue weighted by atomic mass is 10.0. The number of rotatable bonds is 63. The molecule has 0 aromatic heterocycles. The molecule has 0 fully saturated rings. The number of esters is 3. The predicted molar refractivity (Wildman–Crippen MR) is 344 cm³/mol. The Morgan fingerprint density at radius 2 is 0.494 bits per heavy atom. The van der Waals surface area contributed by atoms with Gasteiger partial charge in [-0.1, -0.05) is 318 Å². The molecule has 0 rings (SSSR count). The van der Waals surface area contributed by atoms with Crippen LogP contribution in [0.25, 0.3) is 0 Å². The second kappa shape index (κ2) is 67.4. The molecule has 1 atom stereocenters. The van der Waals surface area contributed by atoms with E-state index in [9.17, 15) is 14.4 Å². The summed E-state index contributed by atoms with van der Waals surface area (Å²) in [6.45, 7) is 6.57. The van der Waals surface area contributed by atoms with Crippen LogP contribution in [0.15, 0.2) is 72.9 Å². The van der Waals surface area contributed by atoms with Gasteiger partial charge >= 0.3 is 17.9 Å². The largest absolute Gasteiger partial charge is 0.462 e. The summed E-state index contributed by atoms with van der Waals surface area (Å²) < 4.78 is 17.0. The summed E-state index contributed by atoms with van der Waals surface area (Å²) in [5.74, 6) is -0.856. The third kappa shape index (κ3) is 65.5. The van der Waals surface area contributed by atoms with Gasteiger partial charge in [0.25, 0.3) is 0 Å². The quantitative estimate of drug-likeness (QED) is 0.0261. The summed E-state index contributed by atoms with van der Waals surface area (Å²) in [7, 11) is 0. The lowest BCUT2D eigenvalue weighted by Gasteiger charge is -2.18. The Morgan fingerprint density at radius 1 is 0.266 bits per heavy atom. The molecular weight excluding hydrogens is 973 g/mol. The van der Waals surface area contributed by atoms with E-state index in [1.165, 1.54) is 225 Å². The first-order valence-corrected chi connectivity index (χ1v) is 34.4. The third-order valence-corrected chi connectivity index (χ3v) is 15.2. The molecule has 0 aliphatic carbocycles. The van der Waals surface area contributed by atoms with Gasteiger partial charge in [0.2, 0.25) is 0 Å². The van der Waals surface area contributed by atoms with Crippen LogP contribution in [0.2, 0.25) is 0 Å². The number of carbonyl (C=O) groups excluding carboxylic acids is 3. The Hall–Kier alpha value is -3.15. The number of unbranched alkanes of at least 4 members (excludes halogenated alkanes) is 40. The van der Waals surface area contributed by atoms with Crippen molar-refractivity contribution in [2.24, 2.45) is 0 Å². The average Bonchev–Trinajstić information content (AvgIpc) is 3.45. The summed E-state index contributed by atoms with van der Waals surface area (Å²) in [5, 5.41) is 0. The number of ether oxygens (including phenoxy) is 3. The number of hydrogen-bond donors (Lipinski definition) is 0. The van der Waals surface area contributed by atoms with Crippen molar-refractivity contribution in [3.8, 4) is 0 Å². The van der Waals surface area contributed by atoms with Crippen molar-refractivity contribution in [2.75, 3.05) is 13.2 Å². The highest BCUT2D eigenvalue weighted by Crippen LogP contribution is 2.17. The smallest absolute Gasteiger partial charge is 0.306 e.